The van der Waals surface area contributed by atoms with Crippen molar-refractivity contribution in [1.82, 2.24) is 0 Å². The van der Waals surface area contributed by atoms with Crippen LogP contribution in [0.1, 0.15) is 48.5 Å². The Morgan fingerprint density at radius 2 is 0.632 bits per heavy atom. The summed E-state index contributed by atoms with van der Waals surface area (Å²) in [5.74, 6) is -0.318. The average Bonchev–Trinajstić information content (AvgIpc) is 3.47. The summed E-state index contributed by atoms with van der Waals surface area (Å²) in [5.41, 5.74) is 8.59. The Morgan fingerprint density at radius 3 is 0.855 bits per heavy atom. The normalized spacial score (nSPS) is 10.7. The Labute approximate surface area is 448 Å². The Morgan fingerprint density at radius 1 is 0.408 bits per heavy atom. The molecule has 0 heterocycles. The minimum atomic E-state index is -5.76. The van der Waals surface area contributed by atoms with Crippen molar-refractivity contribution in [2.24, 2.45) is 0 Å². The molecule has 0 atom stereocenters. The fourth-order valence-electron chi connectivity index (χ4n) is 7.82. The summed E-state index contributed by atoms with van der Waals surface area (Å²) >= 11 is 0. The number of aliphatic hydroxyl groups is 1. The van der Waals surface area contributed by atoms with Gasteiger partial charge in [0.15, 0.2) is 0 Å². The predicted octanol–water partition coefficient (Wildman–Crippen LogP) is 20.2. The molecule has 0 radical (unpaired) electrons. The molecule has 0 unspecified atom stereocenters. The van der Waals surface area contributed by atoms with E-state index in [0.717, 1.165) is 61.9 Å². The van der Waals surface area contributed by atoms with Crippen molar-refractivity contribution in [3.63, 3.8) is 0 Å². The molecule has 0 spiro atoms. The Balaban J connectivity index is 0.000000815. The molecule has 9 aromatic carbocycles. The Kier molecular flexibility index (Phi) is 22.0. The van der Waals surface area contributed by atoms with E-state index in [9.17, 15) is 21.6 Å². The first kappa shape index (κ1) is 58.3. The zero-order valence-electron chi connectivity index (χ0n) is 44.0. The lowest BCUT2D eigenvalue weighted by Crippen LogP contribution is -2.28. The van der Waals surface area contributed by atoms with Crippen molar-refractivity contribution in [3.8, 4) is 50.3 Å². The van der Waals surface area contributed by atoms with E-state index in [1.165, 1.54) is 41.5 Å². The van der Waals surface area contributed by atoms with Gasteiger partial charge in [0.05, 0.1) is 0 Å². The van der Waals surface area contributed by atoms with E-state index < -0.39 is 21.4 Å². The zero-order valence-corrected chi connectivity index (χ0v) is 44.8. The summed E-state index contributed by atoms with van der Waals surface area (Å²) in [6, 6.07) is 78.2. The molecule has 0 aliphatic heterocycles. The summed E-state index contributed by atoms with van der Waals surface area (Å²) in [7, 11) is -5.76. The number of para-hydroxylation sites is 1. The number of nitrogens with zero attached hydrogens (tertiary/aromatic N) is 2. The van der Waals surface area contributed by atoms with Crippen LogP contribution in [0.3, 0.4) is 0 Å². The van der Waals surface area contributed by atoms with Crippen LogP contribution in [0.4, 0.5) is 47.3 Å². The molecule has 0 amide bonds. The lowest BCUT2D eigenvalue weighted by Gasteiger charge is -2.26. The van der Waals surface area contributed by atoms with E-state index in [1.54, 1.807) is 6.08 Å². The van der Waals surface area contributed by atoms with E-state index in [0.29, 0.717) is 5.56 Å². The number of benzene rings is 9. The molecule has 76 heavy (non-hydrogen) atoms. The minimum Gasteiger partial charge on any atom is -0.509 e. The van der Waals surface area contributed by atoms with Gasteiger partial charge in [0.25, 0.3) is 0 Å². The molecule has 0 saturated carbocycles. The van der Waals surface area contributed by atoms with Crippen LogP contribution in [0.5, 0.6) is 5.75 Å². The number of rotatable bonds is 13. The molecule has 0 saturated heterocycles. The van der Waals surface area contributed by atoms with Crippen molar-refractivity contribution < 1.29 is 30.9 Å². The second-order valence-corrected chi connectivity index (χ2v) is 17.5. The molecule has 0 aliphatic rings. The maximum absolute atomic E-state index is 12.8. The van der Waals surface area contributed by atoms with E-state index in [4.69, 9.17) is 5.11 Å². The summed E-state index contributed by atoms with van der Waals surface area (Å²) in [5, 5.41) is 8.27. The van der Waals surface area contributed by atoms with E-state index >= 15 is 0 Å². The number of hydrogen-bond donors (Lipinski definition) is 1. The monoisotopic (exact) mass is 1040 g/mol. The van der Waals surface area contributed by atoms with Crippen LogP contribution in [0.2, 0.25) is 0 Å². The molecular formula is C66H65F3N2O4S. The molecule has 0 aromatic heterocycles. The molecule has 6 nitrogen and oxygen atoms in total. The summed E-state index contributed by atoms with van der Waals surface area (Å²) in [4.78, 5) is 4.41. The van der Waals surface area contributed by atoms with E-state index in [1.807, 2.05) is 115 Å². The number of anilines is 6. The van der Waals surface area contributed by atoms with Crippen LogP contribution >= 0.6 is 0 Å². The highest BCUT2D eigenvalue weighted by atomic mass is 32.2. The largest absolute Gasteiger partial charge is 0.534 e. The second-order valence-electron chi connectivity index (χ2n) is 16.0. The lowest BCUT2D eigenvalue weighted by molar-refractivity contribution is -0.0500. The summed E-state index contributed by atoms with van der Waals surface area (Å²) in [6.45, 7) is 17.0. The molecule has 10 heteroatoms. The molecule has 0 bridgehead atoms. The predicted molar refractivity (Wildman–Crippen MR) is 314 cm³/mol. The summed E-state index contributed by atoms with van der Waals surface area (Å²) in [6.07, 6.45) is 3.25. The fourth-order valence-corrected chi connectivity index (χ4v) is 8.28. The first-order chi connectivity index (χ1) is 36.9. The van der Waals surface area contributed by atoms with Gasteiger partial charge in [-0.05, 0) is 142 Å². The van der Waals surface area contributed by atoms with Crippen molar-refractivity contribution >= 4 is 44.2 Å². The standard InChI is InChI=1S/C55H39F3N2O3S.C5H8O.3C2H6/c56-55(57,58)64(61,62)63-54-38-26-47(27-39-54)46-24-34-50(35-25-46)59(48-14-8-3-9-15-48)49-32-20-44(21-33-49)45-22-36-53(37-23-45)60(51-28-16-42(17-29-51)40-10-4-1-5-11-40)52-30-18-43(19-31-52)41-12-6-2-7-13-41;1-3-4-5(2)6;3*1-2/h1-39H;3-4,6H,2H2,1H3;3*1-2H3/b;4-3-;;;. The number of halogens is 3. The smallest absolute Gasteiger partial charge is 0.509 e. The fraction of sp³-hybridized carbons (Fsp3) is 0.121. The molecule has 390 valence electrons. The zero-order chi connectivity index (χ0) is 55.1. The highest BCUT2D eigenvalue weighted by molar-refractivity contribution is 7.88. The van der Waals surface area contributed by atoms with Gasteiger partial charge in [-0.25, -0.2) is 0 Å². The molecule has 9 rings (SSSR count). The number of hydrogen-bond acceptors (Lipinski definition) is 6. The van der Waals surface area contributed by atoms with Gasteiger partial charge >= 0.3 is 15.6 Å². The second kappa shape index (κ2) is 28.7. The van der Waals surface area contributed by atoms with Gasteiger partial charge in [-0.1, -0.05) is 206 Å². The topological polar surface area (TPSA) is 70.1 Å². The third kappa shape index (κ3) is 15.5. The first-order valence-electron chi connectivity index (χ1n) is 25.3. The highest BCUT2D eigenvalue weighted by Gasteiger charge is 2.48. The molecule has 0 fully saturated rings. The van der Waals surface area contributed by atoms with Gasteiger partial charge in [-0.3, -0.25) is 0 Å². The number of alkyl halides is 3. The molecule has 0 aliphatic carbocycles. The van der Waals surface area contributed by atoms with Crippen LogP contribution in [0.25, 0.3) is 44.5 Å². The van der Waals surface area contributed by atoms with Gasteiger partial charge in [-0.2, -0.15) is 21.6 Å². The maximum Gasteiger partial charge on any atom is 0.534 e. The van der Waals surface area contributed by atoms with Crippen LogP contribution in [-0.4, -0.2) is 19.0 Å². The third-order valence-electron chi connectivity index (χ3n) is 11.2. The van der Waals surface area contributed by atoms with Crippen LogP contribution in [-0.2, 0) is 10.1 Å². The van der Waals surface area contributed by atoms with Crippen molar-refractivity contribution in [2.45, 2.75) is 54.0 Å². The number of allylic oxidation sites excluding steroid dienone is 2. The van der Waals surface area contributed by atoms with Gasteiger partial charge in [0.1, 0.15) is 11.5 Å². The first-order valence-corrected chi connectivity index (χ1v) is 26.7. The van der Waals surface area contributed by atoms with Crippen molar-refractivity contribution in [2.75, 3.05) is 9.80 Å². The third-order valence-corrected chi connectivity index (χ3v) is 12.2. The van der Waals surface area contributed by atoms with Crippen LogP contribution < -0.4 is 14.0 Å². The highest BCUT2D eigenvalue weighted by Crippen LogP contribution is 2.40. The van der Waals surface area contributed by atoms with E-state index in [-0.39, 0.29) is 5.76 Å². The SMILES string of the molecule is C=C(O)/C=C\C.CC.CC.CC.O=S(=O)(Oc1ccc(-c2ccc(N(c3ccccc3)c3ccc(-c4ccc(N(c5ccc(-c6ccccc6)cc5)c5ccc(-c6ccccc6)cc5)cc4)cc3)cc2)cc1)C(F)(F)F. The van der Waals surface area contributed by atoms with Gasteiger partial charge in [-0.15, -0.1) is 0 Å². The van der Waals surface area contributed by atoms with Gasteiger partial charge < -0.3 is 19.1 Å². The Hall–Kier alpha value is -8.60. The number of aliphatic hydroxyl groups excluding tert-OH is 1. The van der Waals surface area contributed by atoms with Crippen molar-refractivity contribution in [1.29, 1.82) is 0 Å². The average molecular weight is 1040 g/mol. The van der Waals surface area contributed by atoms with Crippen LogP contribution in [0, 0.1) is 0 Å². The molecule has 9 aromatic rings. The lowest BCUT2D eigenvalue weighted by atomic mass is 10.0. The summed E-state index contributed by atoms with van der Waals surface area (Å²) < 4.78 is 65.6. The quantitative estimate of drug-likeness (QED) is 0.0537. The van der Waals surface area contributed by atoms with Crippen molar-refractivity contribution in [3.05, 3.63) is 261 Å². The molecular weight excluding hydrogens is 974 g/mol. The maximum atomic E-state index is 12.8. The van der Waals surface area contributed by atoms with E-state index in [2.05, 4.69) is 166 Å². The van der Waals surface area contributed by atoms with Crippen LogP contribution in [0.15, 0.2) is 261 Å². The molecule has 1 N–H and O–H groups in total. The van der Waals surface area contributed by atoms with Gasteiger partial charge in [0.2, 0.25) is 0 Å². The van der Waals surface area contributed by atoms with Gasteiger partial charge in [0, 0.05) is 34.1 Å². The Bertz CT molecular complexity index is 3180. The minimum absolute atomic E-state index is 0.109.